The number of benzene rings is 1. The maximum Gasteiger partial charge on any atom is 0.339 e. The van der Waals surface area contributed by atoms with Crippen LogP contribution in [0.1, 0.15) is 23.7 Å². The molecule has 1 saturated heterocycles. The highest BCUT2D eigenvalue weighted by atomic mass is 16.5. The maximum absolute atomic E-state index is 11.1. The molecule has 2 rings (SSSR count). The van der Waals surface area contributed by atoms with Crippen LogP contribution in [0.5, 0.6) is 5.75 Å². The first-order chi connectivity index (χ1) is 10.1. The lowest BCUT2D eigenvalue weighted by Crippen LogP contribution is -2.50. The minimum absolute atomic E-state index is 0.228. The van der Waals surface area contributed by atoms with Gasteiger partial charge in [-0.25, -0.2) is 4.79 Å². The molecule has 0 bridgehead atoms. The summed E-state index contributed by atoms with van der Waals surface area (Å²) in [4.78, 5) is 15.9. The van der Waals surface area contributed by atoms with Crippen LogP contribution in [0.2, 0.25) is 0 Å². The van der Waals surface area contributed by atoms with Crippen LogP contribution in [-0.4, -0.2) is 66.8 Å². The average molecular weight is 292 g/mol. The minimum Gasteiger partial charge on any atom is -0.493 e. The summed E-state index contributed by atoms with van der Waals surface area (Å²) in [6.45, 7) is 7.06. The summed E-state index contributed by atoms with van der Waals surface area (Å²) in [7, 11) is 2.16. The van der Waals surface area contributed by atoms with Crippen molar-refractivity contribution in [3.8, 4) is 5.75 Å². The summed E-state index contributed by atoms with van der Waals surface area (Å²) in [5, 5.41) is 9.09. The number of carboxylic acid groups (broad SMARTS) is 1. The van der Waals surface area contributed by atoms with E-state index in [0.29, 0.717) is 18.4 Å². The zero-order chi connectivity index (χ0) is 15.2. The largest absolute Gasteiger partial charge is 0.493 e. The second-order valence-corrected chi connectivity index (χ2v) is 5.63. The minimum atomic E-state index is -0.946. The molecule has 0 aromatic heterocycles. The van der Waals surface area contributed by atoms with Gasteiger partial charge in [-0.1, -0.05) is 12.1 Å². The van der Waals surface area contributed by atoms with Gasteiger partial charge >= 0.3 is 5.97 Å². The number of likely N-dealkylation sites (N-methyl/N-ethyl adjacent to an activating group) is 1. The molecule has 116 valence electrons. The van der Waals surface area contributed by atoms with Crippen LogP contribution >= 0.6 is 0 Å². The van der Waals surface area contributed by atoms with E-state index in [4.69, 9.17) is 9.84 Å². The number of carboxylic acids is 1. The fraction of sp³-hybridized carbons (Fsp3) is 0.562. The summed E-state index contributed by atoms with van der Waals surface area (Å²) >= 11 is 0. The van der Waals surface area contributed by atoms with Gasteiger partial charge < -0.3 is 19.6 Å². The predicted octanol–water partition coefficient (Wildman–Crippen LogP) is 1.79. The molecule has 1 aromatic rings. The molecule has 1 aliphatic heterocycles. The van der Waals surface area contributed by atoms with Gasteiger partial charge in [0.2, 0.25) is 0 Å². The lowest BCUT2D eigenvalue weighted by Gasteiger charge is -2.37. The van der Waals surface area contributed by atoms with E-state index in [2.05, 4.69) is 23.8 Å². The summed E-state index contributed by atoms with van der Waals surface area (Å²) < 4.78 is 5.62. The van der Waals surface area contributed by atoms with Crippen LogP contribution in [0.4, 0.5) is 0 Å². The van der Waals surface area contributed by atoms with Crippen molar-refractivity contribution >= 4 is 5.97 Å². The molecule has 0 saturated carbocycles. The Morgan fingerprint density at radius 1 is 1.38 bits per heavy atom. The molecule has 0 amide bonds. The Morgan fingerprint density at radius 3 is 2.86 bits per heavy atom. The molecule has 0 spiro atoms. The van der Waals surface area contributed by atoms with Gasteiger partial charge in [-0.05, 0) is 32.5 Å². The Morgan fingerprint density at radius 2 is 2.14 bits per heavy atom. The van der Waals surface area contributed by atoms with E-state index in [1.807, 2.05) is 0 Å². The molecular weight excluding hydrogens is 268 g/mol. The Balaban J connectivity index is 1.74. The van der Waals surface area contributed by atoms with Crippen LogP contribution in [0.3, 0.4) is 0 Å². The number of nitrogens with zero attached hydrogens (tertiary/aromatic N) is 2. The van der Waals surface area contributed by atoms with Crippen molar-refractivity contribution < 1.29 is 14.6 Å². The zero-order valence-electron chi connectivity index (χ0n) is 12.8. The molecule has 0 aliphatic carbocycles. The smallest absolute Gasteiger partial charge is 0.339 e. The number of rotatable bonds is 6. The van der Waals surface area contributed by atoms with Gasteiger partial charge in [0.15, 0.2) is 0 Å². The van der Waals surface area contributed by atoms with E-state index in [-0.39, 0.29) is 5.56 Å². The van der Waals surface area contributed by atoms with Gasteiger partial charge in [0.25, 0.3) is 0 Å². The van der Waals surface area contributed by atoms with Gasteiger partial charge in [0.1, 0.15) is 11.3 Å². The molecule has 21 heavy (non-hydrogen) atoms. The number of aromatic carboxylic acids is 1. The number of hydrogen-bond donors (Lipinski definition) is 1. The van der Waals surface area contributed by atoms with Crippen molar-refractivity contribution in [3.05, 3.63) is 29.8 Å². The first-order valence-corrected chi connectivity index (χ1v) is 7.45. The first kappa shape index (κ1) is 15.8. The summed E-state index contributed by atoms with van der Waals surface area (Å²) in [6.07, 6.45) is 0.907. The van der Waals surface area contributed by atoms with Crippen LogP contribution in [0, 0.1) is 0 Å². The lowest BCUT2D eigenvalue weighted by molar-refractivity contribution is 0.0691. The van der Waals surface area contributed by atoms with Gasteiger partial charge in [-0.15, -0.1) is 0 Å². The number of piperazine rings is 1. The summed E-state index contributed by atoms with van der Waals surface area (Å²) in [6, 6.07) is 7.37. The number of hydrogen-bond acceptors (Lipinski definition) is 4. The molecule has 1 aromatic carbocycles. The first-order valence-electron chi connectivity index (χ1n) is 7.45. The molecule has 5 nitrogen and oxygen atoms in total. The maximum atomic E-state index is 11.1. The van der Waals surface area contributed by atoms with Gasteiger partial charge in [-0.3, -0.25) is 0 Å². The molecule has 1 fully saturated rings. The molecule has 1 atom stereocenters. The molecule has 1 unspecified atom stereocenters. The third-order valence-electron chi connectivity index (χ3n) is 4.04. The third kappa shape index (κ3) is 4.44. The Kier molecular flexibility index (Phi) is 5.59. The number of para-hydroxylation sites is 1. The van der Waals surface area contributed by atoms with Crippen molar-refractivity contribution in [1.29, 1.82) is 0 Å². The third-order valence-corrected chi connectivity index (χ3v) is 4.04. The lowest BCUT2D eigenvalue weighted by atomic mass is 10.2. The van der Waals surface area contributed by atoms with Crippen molar-refractivity contribution in [2.45, 2.75) is 19.4 Å². The van der Waals surface area contributed by atoms with Gasteiger partial charge in [0.05, 0.1) is 6.61 Å². The Bertz CT molecular complexity index is 478. The number of ether oxygens (including phenoxy) is 1. The quantitative estimate of drug-likeness (QED) is 0.810. The molecular formula is C16H24N2O3. The fourth-order valence-corrected chi connectivity index (χ4v) is 2.57. The summed E-state index contributed by atoms with van der Waals surface area (Å²) in [5.74, 6) is -0.491. The van der Waals surface area contributed by atoms with Crippen molar-refractivity contribution in [1.82, 2.24) is 9.80 Å². The Labute approximate surface area is 126 Å². The molecule has 0 radical (unpaired) electrons. The number of carbonyl (C=O) groups is 1. The predicted molar refractivity (Wildman–Crippen MR) is 82.0 cm³/mol. The van der Waals surface area contributed by atoms with Gasteiger partial charge in [-0.2, -0.15) is 0 Å². The van der Waals surface area contributed by atoms with E-state index in [9.17, 15) is 4.79 Å². The fourth-order valence-electron chi connectivity index (χ4n) is 2.57. The normalized spacial score (nSPS) is 20.4. The standard InChI is InChI=1S/C16H24N2O3/c1-13-12-18(10-9-17(13)2)8-5-11-21-15-7-4-3-6-14(15)16(19)20/h3-4,6-7,13H,5,8-12H2,1-2H3,(H,19,20). The van der Waals surface area contributed by atoms with Crippen LogP contribution in [-0.2, 0) is 0 Å². The van der Waals surface area contributed by atoms with E-state index in [1.54, 1.807) is 24.3 Å². The van der Waals surface area contributed by atoms with E-state index >= 15 is 0 Å². The van der Waals surface area contributed by atoms with Crippen LogP contribution in [0.25, 0.3) is 0 Å². The summed E-state index contributed by atoms with van der Waals surface area (Å²) in [5.41, 5.74) is 0.228. The van der Waals surface area contributed by atoms with Crippen molar-refractivity contribution in [2.75, 3.05) is 39.8 Å². The Hall–Kier alpha value is -1.59. The average Bonchev–Trinajstić information content (AvgIpc) is 2.47. The highest BCUT2D eigenvalue weighted by molar-refractivity contribution is 5.90. The van der Waals surface area contributed by atoms with Crippen molar-refractivity contribution in [3.63, 3.8) is 0 Å². The second-order valence-electron chi connectivity index (χ2n) is 5.63. The van der Waals surface area contributed by atoms with Crippen LogP contribution < -0.4 is 4.74 Å². The van der Waals surface area contributed by atoms with E-state index in [0.717, 1.165) is 32.6 Å². The van der Waals surface area contributed by atoms with Crippen LogP contribution in [0.15, 0.2) is 24.3 Å². The van der Waals surface area contributed by atoms with Gasteiger partial charge in [0, 0.05) is 32.2 Å². The monoisotopic (exact) mass is 292 g/mol. The molecule has 1 N–H and O–H groups in total. The second kappa shape index (κ2) is 7.43. The van der Waals surface area contributed by atoms with Crippen molar-refractivity contribution in [2.24, 2.45) is 0 Å². The van der Waals surface area contributed by atoms with E-state index < -0.39 is 5.97 Å². The zero-order valence-corrected chi connectivity index (χ0v) is 12.8. The van der Waals surface area contributed by atoms with E-state index in [1.165, 1.54) is 0 Å². The molecule has 1 aliphatic rings. The molecule has 1 heterocycles. The topological polar surface area (TPSA) is 53.0 Å². The SMILES string of the molecule is CC1CN(CCCOc2ccccc2C(=O)O)CCN1C. The molecule has 5 heteroatoms. The highest BCUT2D eigenvalue weighted by Crippen LogP contribution is 2.18. The highest BCUT2D eigenvalue weighted by Gasteiger charge is 2.19.